The van der Waals surface area contributed by atoms with Crippen LogP contribution >= 0.6 is 11.6 Å². The number of aryl methyl sites for hydroxylation is 1. The van der Waals surface area contributed by atoms with E-state index in [2.05, 4.69) is 15.6 Å². The summed E-state index contributed by atoms with van der Waals surface area (Å²) in [6.07, 6.45) is 1.97. The number of aromatic amines is 1. The first-order valence-electron chi connectivity index (χ1n) is 11.2. The number of hydrogen-bond donors (Lipinski definition) is 3. The van der Waals surface area contributed by atoms with Crippen LogP contribution in [0.1, 0.15) is 27.2 Å². The lowest BCUT2D eigenvalue weighted by Gasteiger charge is -2.12. The maximum Gasteiger partial charge on any atom is 0.270 e. The fourth-order valence-electron chi connectivity index (χ4n) is 3.94. The van der Waals surface area contributed by atoms with Crippen molar-refractivity contribution in [2.75, 3.05) is 6.54 Å². The number of aromatic nitrogens is 1. The molecule has 3 aromatic carbocycles. The molecule has 0 bridgehead atoms. The summed E-state index contributed by atoms with van der Waals surface area (Å²) in [6, 6.07) is 20.2. The van der Waals surface area contributed by atoms with E-state index in [1.165, 1.54) is 24.3 Å². The van der Waals surface area contributed by atoms with Crippen molar-refractivity contribution in [1.82, 2.24) is 15.6 Å². The highest BCUT2D eigenvalue weighted by Crippen LogP contribution is 2.22. The average Bonchev–Trinajstić information content (AvgIpc) is 3.18. The monoisotopic (exact) mass is 502 g/mol. The van der Waals surface area contributed by atoms with Gasteiger partial charge in [-0.15, -0.1) is 0 Å². The summed E-state index contributed by atoms with van der Waals surface area (Å²) >= 11 is 6.14. The van der Waals surface area contributed by atoms with Gasteiger partial charge in [-0.3, -0.25) is 19.7 Å². The van der Waals surface area contributed by atoms with Crippen LogP contribution in [-0.4, -0.2) is 28.3 Å². The number of fused-ring (bicyclic) bond motifs is 1. The molecule has 0 atom stereocenters. The zero-order valence-corrected chi connectivity index (χ0v) is 20.1. The minimum atomic E-state index is -0.570. The van der Waals surface area contributed by atoms with Gasteiger partial charge in [-0.1, -0.05) is 54.1 Å². The summed E-state index contributed by atoms with van der Waals surface area (Å²) in [5, 5.41) is 17.9. The number of halogens is 1. The van der Waals surface area contributed by atoms with E-state index >= 15 is 0 Å². The highest BCUT2D eigenvalue weighted by Gasteiger charge is 2.17. The van der Waals surface area contributed by atoms with Gasteiger partial charge in [0, 0.05) is 35.3 Å². The fourth-order valence-corrected chi connectivity index (χ4v) is 4.16. The number of benzene rings is 3. The highest BCUT2D eigenvalue weighted by atomic mass is 35.5. The van der Waals surface area contributed by atoms with Crippen LogP contribution < -0.4 is 10.6 Å². The minimum Gasteiger partial charge on any atom is -0.358 e. The number of rotatable bonds is 8. The lowest BCUT2D eigenvalue weighted by Crippen LogP contribution is -2.36. The van der Waals surface area contributed by atoms with E-state index in [-0.39, 0.29) is 22.0 Å². The lowest BCUT2D eigenvalue weighted by molar-refractivity contribution is -0.384. The Morgan fingerprint density at radius 3 is 2.58 bits per heavy atom. The smallest absolute Gasteiger partial charge is 0.270 e. The Balaban J connectivity index is 1.56. The Kier molecular flexibility index (Phi) is 7.46. The number of carbonyl (C=O) groups excluding carboxylic acids is 2. The number of H-pyrrole nitrogens is 1. The maximum absolute atomic E-state index is 13.1. The first-order chi connectivity index (χ1) is 17.3. The molecule has 0 saturated carbocycles. The van der Waals surface area contributed by atoms with E-state index in [1.807, 2.05) is 31.2 Å². The molecule has 8 nitrogen and oxygen atoms in total. The second kappa shape index (κ2) is 10.9. The fraction of sp³-hybridized carbons (Fsp3) is 0.111. The molecule has 9 heteroatoms. The Morgan fingerprint density at radius 1 is 1.06 bits per heavy atom. The molecular formula is C27H23ClN4O4. The number of nitro groups is 1. The number of carbonyl (C=O) groups is 2. The van der Waals surface area contributed by atoms with Crippen LogP contribution in [0.25, 0.3) is 17.0 Å². The molecule has 0 fully saturated rings. The number of nitrogens with zero attached hydrogens (tertiary/aromatic N) is 1. The van der Waals surface area contributed by atoms with E-state index < -0.39 is 16.7 Å². The number of non-ortho nitro benzene ring substituents is 1. The van der Waals surface area contributed by atoms with E-state index in [0.29, 0.717) is 18.5 Å². The molecule has 0 saturated heterocycles. The van der Waals surface area contributed by atoms with Crippen LogP contribution in [0.2, 0.25) is 5.02 Å². The van der Waals surface area contributed by atoms with Crippen LogP contribution in [0, 0.1) is 17.0 Å². The summed E-state index contributed by atoms with van der Waals surface area (Å²) < 4.78 is 0. The van der Waals surface area contributed by atoms with Gasteiger partial charge in [0.05, 0.1) is 15.5 Å². The standard InChI is InChI=1S/C27H23ClN4O4/c1-17-20(21-9-3-5-12-24(21)30-17)13-14-29-27(34)25(16-18-7-6-8-19(15-18)32(35)36)31-26(33)22-10-2-4-11-23(22)28/h2-12,15-16,30H,13-14H2,1H3,(H,29,34)(H,31,33). The molecule has 2 amide bonds. The molecule has 3 N–H and O–H groups in total. The average molecular weight is 503 g/mol. The predicted octanol–water partition coefficient (Wildman–Crippen LogP) is 5.17. The Hall–Kier alpha value is -4.43. The SMILES string of the molecule is Cc1[nH]c2ccccc2c1CCNC(=O)C(=Cc1cccc([N+](=O)[O-])c1)NC(=O)c1ccccc1Cl. The van der Waals surface area contributed by atoms with Gasteiger partial charge in [0.1, 0.15) is 5.70 Å². The third-order valence-corrected chi connectivity index (χ3v) is 6.02. The normalized spacial score (nSPS) is 11.3. The summed E-state index contributed by atoms with van der Waals surface area (Å²) in [5.74, 6) is -1.10. The number of nitro benzene ring substituents is 1. The van der Waals surface area contributed by atoms with Crippen molar-refractivity contribution in [3.63, 3.8) is 0 Å². The summed E-state index contributed by atoms with van der Waals surface area (Å²) in [4.78, 5) is 40.0. The molecule has 0 spiro atoms. The second-order valence-corrected chi connectivity index (χ2v) is 8.53. The molecule has 1 heterocycles. The molecule has 4 rings (SSSR count). The summed E-state index contributed by atoms with van der Waals surface area (Å²) in [5.41, 5.74) is 3.54. The first kappa shape index (κ1) is 24.7. The Bertz CT molecular complexity index is 1490. The van der Waals surface area contributed by atoms with Gasteiger partial charge < -0.3 is 15.6 Å². The van der Waals surface area contributed by atoms with Crippen molar-refractivity contribution in [2.45, 2.75) is 13.3 Å². The molecule has 0 aliphatic heterocycles. The zero-order chi connectivity index (χ0) is 25.7. The quantitative estimate of drug-likeness (QED) is 0.175. The largest absolute Gasteiger partial charge is 0.358 e. The summed E-state index contributed by atoms with van der Waals surface area (Å²) in [6.45, 7) is 2.30. The molecule has 0 unspecified atom stereocenters. The van der Waals surface area contributed by atoms with E-state index in [9.17, 15) is 19.7 Å². The van der Waals surface area contributed by atoms with E-state index in [1.54, 1.807) is 30.3 Å². The number of para-hydroxylation sites is 1. The molecule has 4 aromatic rings. The number of nitrogens with one attached hydrogen (secondary N) is 3. The van der Waals surface area contributed by atoms with Crippen molar-refractivity contribution in [3.05, 3.63) is 116 Å². The van der Waals surface area contributed by atoms with Gasteiger partial charge in [0.25, 0.3) is 17.5 Å². The van der Waals surface area contributed by atoms with Gasteiger partial charge in [-0.25, -0.2) is 0 Å². The van der Waals surface area contributed by atoms with E-state index in [4.69, 9.17) is 11.6 Å². The highest BCUT2D eigenvalue weighted by molar-refractivity contribution is 6.34. The van der Waals surface area contributed by atoms with Crippen molar-refractivity contribution in [1.29, 1.82) is 0 Å². The molecule has 0 aliphatic rings. The van der Waals surface area contributed by atoms with Gasteiger partial charge >= 0.3 is 0 Å². The van der Waals surface area contributed by atoms with Crippen LogP contribution in [0.5, 0.6) is 0 Å². The zero-order valence-electron chi connectivity index (χ0n) is 19.4. The van der Waals surface area contributed by atoms with Gasteiger partial charge in [-0.2, -0.15) is 0 Å². The molecule has 182 valence electrons. The van der Waals surface area contributed by atoms with Gasteiger partial charge in [-0.05, 0) is 48.7 Å². The van der Waals surface area contributed by atoms with Crippen LogP contribution in [-0.2, 0) is 11.2 Å². The van der Waals surface area contributed by atoms with Crippen molar-refractivity contribution in [3.8, 4) is 0 Å². The van der Waals surface area contributed by atoms with Crippen LogP contribution in [0.15, 0.2) is 78.5 Å². The van der Waals surface area contributed by atoms with Gasteiger partial charge in [0.15, 0.2) is 0 Å². The summed E-state index contributed by atoms with van der Waals surface area (Å²) in [7, 11) is 0. The predicted molar refractivity (Wildman–Crippen MR) is 140 cm³/mol. The van der Waals surface area contributed by atoms with Crippen LogP contribution in [0.4, 0.5) is 5.69 Å². The number of amides is 2. The minimum absolute atomic E-state index is 0.0592. The lowest BCUT2D eigenvalue weighted by atomic mass is 10.1. The topological polar surface area (TPSA) is 117 Å². The van der Waals surface area contributed by atoms with Crippen molar-refractivity contribution < 1.29 is 14.5 Å². The van der Waals surface area contributed by atoms with Crippen LogP contribution in [0.3, 0.4) is 0 Å². The maximum atomic E-state index is 13.1. The van der Waals surface area contributed by atoms with Gasteiger partial charge in [0.2, 0.25) is 0 Å². The van der Waals surface area contributed by atoms with Crippen molar-refractivity contribution in [2.24, 2.45) is 0 Å². The third kappa shape index (κ3) is 5.61. The Morgan fingerprint density at radius 2 is 1.81 bits per heavy atom. The second-order valence-electron chi connectivity index (χ2n) is 8.12. The third-order valence-electron chi connectivity index (χ3n) is 5.69. The van der Waals surface area contributed by atoms with Crippen molar-refractivity contribution >= 4 is 46.1 Å². The Labute approximate surface area is 212 Å². The molecule has 0 aliphatic carbocycles. The molecule has 1 aromatic heterocycles. The number of hydrogen-bond acceptors (Lipinski definition) is 4. The molecule has 36 heavy (non-hydrogen) atoms. The van der Waals surface area contributed by atoms with E-state index in [0.717, 1.165) is 22.2 Å². The molecule has 0 radical (unpaired) electrons. The molecular weight excluding hydrogens is 480 g/mol. The first-order valence-corrected chi connectivity index (χ1v) is 11.6.